The molecule has 0 spiro atoms. The highest BCUT2D eigenvalue weighted by molar-refractivity contribution is 7.84. The minimum absolute atomic E-state index is 0.0860. The molecule has 3 aromatic rings. The van der Waals surface area contributed by atoms with Crippen molar-refractivity contribution in [2.24, 2.45) is 0 Å². The van der Waals surface area contributed by atoms with Crippen molar-refractivity contribution in [1.29, 1.82) is 0 Å². The van der Waals surface area contributed by atoms with E-state index < -0.39 is 10.8 Å². The summed E-state index contributed by atoms with van der Waals surface area (Å²) < 4.78 is 25.2. The second-order valence-electron chi connectivity index (χ2n) is 5.79. The molecule has 7 heteroatoms. The van der Waals surface area contributed by atoms with E-state index in [-0.39, 0.29) is 23.2 Å². The third-order valence-corrected chi connectivity index (χ3v) is 5.72. The molecule has 2 aromatic carbocycles. The number of benzene rings is 2. The van der Waals surface area contributed by atoms with Crippen molar-refractivity contribution in [3.05, 3.63) is 71.0 Å². The molecule has 1 heterocycles. The van der Waals surface area contributed by atoms with Gasteiger partial charge in [-0.05, 0) is 43.3 Å². The van der Waals surface area contributed by atoms with Crippen molar-refractivity contribution in [2.75, 3.05) is 11.1 Å². The highest BCUT2D eigenvalue weighted by Gasteiger charge is 2.12. The van der Waals surface area contributed by atoms with E-state index in [2.05, 4.69) is 10.3 Å². The van der Waals surface area contributed by atoms with Crippen molar-refractivity contribution in [2.45, 2.75) is 12.7 Å². The molecule has 0 aliphatic carbocycles. The summed E-state index contributed by atoms with van der Waals surface area (Å²) in [6.07, 6.45) is 0. The quantitative estimate of drug-likeness (QED) is 0.690. The van der Waals surface area contributed by atoms with Crippen molar-refractivity contribution >= 4 is 33.7 Å². The summed E-state index contributed by atoms with van der Waals surface area (Å²) in [7, 11) is -1.35. The van der Waals surface area contributed by atoms with E-state index in [4.69, 9.17) is 0 Å². The van der Waals surface area contributed by atoms with E-state index in [0.29, 0.717) is 11.4 Å². The summed E-state index contributed by atoms with van der Waals surface area (Å²) in [6.45, 7) is 1.97. The zero-order valence-electron chi connectivity index (χ0n) is 14.1. The second kappa shape index (κ2) is 8.33. The number of aryl methyl sites for hydroxylation is 1. The van der Waals surface area contributed by atoms with Crippen molar-refractivity contribution in [3.8, 4) is 10.6 Å². The van der Waals surface area contributed by atoms with Gasteiger partial charge in [0.2, 0.25) is 5.91 Å². The topological polar surface area (TPSA) is 59.1 Å². The molecule has 0 fully saturated rings. The minimum atomic E-state index is -1.35. The van der Waals surface area contributed by atoms with Crippen LogP contribution in [-0.4, -0.2) is 20.9 Å². The Balaban J connectivity index is 1.55. The van der Waals surface area contributed by atoms with E-state index in [1.165, 1.54) is 23.5 Å². The number of halogens is 1. The van der Waals surface area contributed by atoms with Gasteiger partial charge in [-0.3, -0.25) is 9.00 Å². The van der Waals surface area contributed by atoms with E-state index in [1.54, 1.807) is 12.1 Å². The van der Waals surface area contributed by atoms with Crippen molar-refractivity contribution in [3.63, 3.8) is 0 Å². The Kier molecular flexibility index (Phi) is 5.90. The van der Waals surface area contributed by atoms with Crippen LogP contribution in [0, 0.1) is 12.7 Å². The third-order valence-electron chi connectivity index (χ3n) is 3.58. The number of nitrogens with one attached hydrogen (secondary N) is 1. The molecule has 0 bridgehead atoms. The van der Waals surface area contributed by atoms with E-state index in [1.807, 2.05) is 36.6 Å². The van der Waals surface area contributed by atoms with Gasteiger partial charge < -0.3 is 5.32 Å². The molecule has 0 saturated carbocycles. The molecule has 1 aromatic heterocycles. The highest BCUT2D eigenvalue weighted by atomic mass is 32.2. The van der Waals surface area contributed by atoms with Crippen LogP contribution in [0.1, 0.15) is 11.3 Å². The van der Waals surface area contributed by atoms with Crippen LogP contribution < -0.4 is 5.32 Å². The number of thiazole rings is 1. The molecule has 26 heavy (non-hydrogen) atoms. The number of aromatic nitrogens is 1. The smallest absolute Gasteiger partial charge is 0.237 e. The Morgan fingerprint density at radius 2 is 1.85 bits per heavy atom. The summed E-state index contributed by atoms with van der Waals surface area (Å²) in [4.78, 5) is 16.4. The molecular formula is C19H17FN2O2S2. The fraction of sp³-hybridized carbons (Fsp3) is 0.158. The first-order chi connectivity index (χ1) is 12.5. The molecule has 1 atom stereocenters. The predicted molar refractivity (Wildman–Crippen MR) is 104 cm³/mol. The molecule has 1 amide bonds. The number of nitrogens with zero attached hydrogens (tertiary/aromatic N) is 1. The van der Waals surface area contributed by atoms with E-state index in [9.17, 15) is 13.4 Å². The number of rotatable bonds is 6. The first-order valence-electron chi connectivity index (χ1n) is 7.91. The number of carbonyl (C=O) groups excluding carboxylic acids is 1. The largest absolute Gasteiger partial charge is 0.325 e. The normalized spacial score (nSPS) is 11.9. The Morgan fingerprint density at radius 1 is 1.15 bits per heavy atom. The number of anilines is 1. The summed E-state index contributed by atoms with van der Waals surface area (Å²) in [5.41, 5.74) is 3.26. The summed E-state index contributed by atoms with van der Waals surface area (Å²) in [6, 6.07) is 13.5. The van der Waals surface area contributed by atoms with Gasteiger partial charge in [-0.25, -0.2) is 9.37 Å². The fourth-order valence-corrected chi connectivity index (χ4v) is 4.17. The first kappa shape index (κ1) is 18.4. The molecule has 1 N–H and O–H groups in total. The number of carbonyl (C=O) groups is 1. The van der Waals surface area contributed by atoms with Gasteiger partial charge in [-0.2, -0.15) is 0 Å². The zero-order chi connectivity index (χ0) is 18.5. The van der Waals surface area contributed by atoms with Gasteiger partial charge in [-0.1, -0.05) is 17.7 Å². The number of hydrogen-bond acceptors (Lipinski definition) is 4. The lowest BCUT2D eigenvalue weighted by Crippen LogP contribution is -2.20. The van der Waals surface area contributed by atoms with Crippen LogP contribution in [0.25, 0.3) is 10.6 Å². The van der Waals surface area contributed by atoms with Crippen molar-refractivity contribution in [1.82, 2.24) is 4.98 Å². The molecule has 0 unspecified atom stereocenters. The van der Waals surface area contributed by atoms with Gasteiger partial charge in [0.1, 0.15) is 16.6 Å². The molecule has 3 rings (SSSR count). The van der Waals surface area contributed by atoms with Crippen LogP contribution in [0.5, 0.6) is 0 Å². The fourth-order valence-electron chi connectivity index (χ4n) is 2.29. The number of hydrogen-bond donors (Lipinski definition) is 1. The highest BCUT2D eigenvalue weighted by Crippen LogP contribution is 2.24. The maximum absolute atomic E-state index is 13.0. The maximum atomic E-state index is 13.0. The molecule has 0 radical (unpaired) electrons. The molecular weight excluding hydrogens is 371 g/mol. The Hall–Kier alpha value is -2.38. The zero-order valence-corrected chi connectivity index (χ0v) is 15.7. The molecule has 134 valence electrons. The van der Waals surface area contributed by atoms with Gasteiger partial charge in [0.25, 0.3) is 0 Å². The lowest BCUT2D eigenvalue weighted by Gasteiger charge is -2.05. The third kappa shape index (κ3) is 5.06. The summed E-state index contributed by atoms with van der Waals surface area (Å²) in [5, 5.41) is 5.29. The van der Waals surface area contributed by atoms with Crippen molar-refractivity contribution < 1.29 is 13.4 Å². The van der Waals surface area contributed by atoms with Crippen LogP contribution in [0.2, 0.25) is 0 Å². The summed E-state index contributed by atoms with van der Waals surface area (Å²) in [5.74, 6) is -0.469. The van der Waals surface area contributed by atoms with Crippen LogP contribution in [0.3, 0.4) is 0 Å². The Bertz CT molecular complexity index is 921. The predicted octanol–water partition coefficient (Wildman–Crippen LogP) is 4.15. The number of amides is 1. The maximum Gasteiger partial charge on any atom is 0.237 e. The van der Waals surface area contributed by atoms with E-state index >= 15 is 0 Å². The standard InChI is InChI=1S/C19H17FN2O2S2/c1-13-2-8-16(9-3-13)21-18(23)12-26(24)11-17-10-25-19(22-17)14-4-6-15(20)7-5-14/h2-10H,11-12H2,1H3,(H,21,23)/t26-/m0/s1. The van der Waals surface area contributed by atoms with E-state index in [0.717, 1.165) is 16.1 Å². The molecule has 0 saturated heterocycles. The van der Waals surface area contributed by atoms with Gasteiger partial charge >= 0.3 is 0 Å². The lowest BCUT2D eigenvalue weighted by atomic mass is 10.2. The van der Waals surface area contributed by atoms with Gasteiger partial charge in [0.15, 0.2) is 0 Å². The molecule has 4 nitrogen and oxygen atoms in total. The first-order valence-corrected chi connectivity index (χ1v) is 10.3. The molecule has 0 aliphatic rings. The van der Waals surface area contributed by atoms with Crippen LogP contribution >= 0.6 is 11.3 Å². The monoisotopic (exact) mass is 388 g/mol. The molecule has 0 aliphatic heterocycles. The summed E-state index contributed by atoms with van der Waals surface area (Å²) >= 11 is 1.40. The SMILES string of the molecule is Cc1ccc(NC(=O)C[S@@](=O)Cc2csc(-c3ccc(F)cc3)n2)cc1. The van der Waals surface area contributed by atoms with Gasteiger partial charge in [-0.15, -0.1) is 11.3 Å². The lowest BCUT2D eigenvalue weighted by molar-refractivity contribution is -0.113. The average Bonchev–Trinajstić information content (AvgIpc) is 3.05. The second-order valence-corrected chi connectivity index (χ2v) is 8.11. The van der Waals surface area contributed by atoms with Gasteiger partial charge in [0, 0.05) is 27.4 Å². The van der Waals surface area contributed by atoms with Gasteiger partial charge in [0.05, 0.1) is 11.4 Å². The van der Waals surface area contributed by atoms with Crippen LogP contribution in [-0.2, 0) is 21.3 Å². The van der Waals surface area contributed by atoms with Crippen LogP contribution in [0.4, 0.5) is 10.1 Å². The minimum Gasteiger partial charge on any atom is -0.325 e. The van der Waals surface area contributed by atoms with Crippen LogP contribution in [0.15, 0.2) is 53.9 Å². The Morgan fingerprint density at radius 3 is 2.54 bits per heavy atom. The Labute approximate surface area is 157 Å². The average molecular weight is 388 g/mol.